The van der Waals surface area contributed by atoms with Gasteiger partial charge in [0.25, 0.3) is 5.92 Å². The molecule has 0 unspecified atom stereocenters. The van der Waals surface area contributed by atoms with Crippen LogP contribution in [0.15, 0.2) is 0 Å². The van der Waals surface area contributed by atoms with E-state index in [1.165, 1.54) is 0 Å². The van der Waals surface area contributed by atoms with E-state index in [1.54, 1.807) is 0 Å². The van der Waals surface area contributed by atoms with Crippen LogP contribution in [0.4, 0.5) is 8.78 Å². The summed E-state index contributed by atoms with van der Waals surface area (Å²) in [5.41, 5.74) is -0.816. The predicted octanol–water partition coefficient (Wildman–Crippen LogP) is 1.41. The van der Waals surface area contributed by atoms with E-state index >= 15 is 0 Å². The Morgan fingerprint density at radius 1 is 1.08 bits per heavy atom. The molecule has 13 heavy (non-hydrogen) atoms. The van der Waals surface area contributed by atoms with Crippen LogP contribution in [0, 0.1) is 5.41 Å². The minimum absolute atomic E-state index is 0.0208. The van der Waals surface area contributed by atoms with E-state index in [0.29, 0.717) is 39.1 Å². The van der Waals surface area contributed by atoms with Crippen LogP contribution in [-0.4, -0.2) is 32.2 Å². The fourth-order valence-corrected chi connectivity index (χ4v) is 2.27. The van der Waals surface area contributed by atoms with E-state index < -0.39 is 11.3 Å². The minimum atomic E-state index is -2.50. The first-order valence-electron chi connectivity index (χ1n) is 4.83. The van der Waals surface area contributed by atoms with E-state index in [-0.39, 0.29) is 6.42 Å². The van der Waals surface area contributed by atoms with Crippen molar-refractivity contribution in [2.45, 2.75) is 25.2 Å². The van der Waals surface area contributed by atoms with Gasteiger partial charge in [-0.25, -0.2) is 8.78 Å². The lowest BCUT2D eigenvalue weighted by atomic mass is 9.71. The van der Waals surface area contributed by atoms with E-state index in [0.717, 1.165) is 0 Å². The van der Waals surface area contributed by atoms with Crippen LogP contribution in [-0.2, 0) is 4.74 Å². The molecule has 1 N–H and O–H groups in total. The van der Waals surface area contributed by atoms with Gasteiger partial charge >= 0.3 is 0 Å². The van der Waals surface area contributed by atoms with Crippen LogP contribution in [0.2, 0.25) is 0 Å². The monoisotopic (exact) mass is 191 g/mol. The molecule has 0 saturated carbocycles. The first-order chi connectivity index (χ1) is 6.16. The molecule has 76 valence electrons. The first-order valence-corrected chi connectivity index (χ1v) is 4.83. The van der Waals surface area contributed by atoms with Crippen LogP contribution in [0.1, 0.15) is 19.3 Å². The molecule has 2 heterocycles. The fourth-order valence-electron chi connectivity index (χ4n) is 2.27. The van der Waals surface area contributed by atoms with Gasteiger partial charge in [-0.1, -0.05) is 0 Å². The van der Waals surface area contributed by atoms with Crippen LogP contribution >= 0.6 is 0 Å². The summed E-state index contributed by atoms with van der Waals surface area (Å²) in [6, 6.07) is 0. The van der Waals surface area contributed by atoms with E-state index in [1.807, 2.05) is 0 Å². The molecule has 2 aliphatic heterocycles. The molecule has 2 saturated heterocycles. The zero-order chi connectivity index (χ0) is 9.36. The molecule has 0 amide bonds. The lowest BCUT2D eigenvalue weighted by Gasteiger charge is -2.46. The number of nitrogens with one attached hydrogen (secondary N) is 1. The second-order valence-corrected chi connectivity index (χ2v) is 4.02. The molecule has 2 nitrogen and oxygen atoms in total. The number of ether oxygens (including phenoxy) is 1. The predicted molar refractivity (Wildman–Crippen MR) is 44.9 cm³/mol. The van der Waals surface area contributed by atoms with Crippen molar-refractivity contribution >= 4 is 0 Å². The molecule has 2 aliphatic rings. The second kappa shape index (κ2) is 3.17. The average Bonchev–Trinajstić information content (AvgIpc) is 2.12. The summed E-state index contributed by atoms with van der Waals surface area (Å²) < 4.78 is 32.4. The summed E-state index contributed by atoms with van der Waals surface area (Å²) in [6.45, 7) is 1.85. The van der Waals surface area contributed by atoms with Crippen LogP contribution in [0.3, 0.4) is 0 Å². The van der Waals surface area contributed by atoms with Gasteiger partial charge in [0.2, 0.25) is 0 Å². The number of hydrogen-bond donors (Lipinski definition) is 1. The van der Waals surface area contributed by atoms with Crippen LogP contribution < -0.4 is 5.32 Å². The van der Waals surface area contributed by atoms with Gasteiger partial charge in [0.05, 0.1) is 5.41 Å². The summed E-state index contributed by atoms with van der Waals surface area (Å²) >= 11 is 0. The van der Waals surface area contributed by atoms with E-state index in [9.17, 15) is 8.78 Å². The van der Waals surface area contributed by atoms with Crippen molar-refractivity contribution in [3.05, 3.63) is 0 Å². The summed E-state index contributed by atoms with van der Waals surface area (Å²) in [5, 5.41) is 3.07. The third-order valence-corrected chi connectivity index (χ3v) is 3.30. The first kappa shape index (κ1) is 9.34. The Balaban J connectivity index is 2.16. The Bertz CT molecular complexity index is 182. The standard InChI is InChI=1S/C9H15F2NO/c10-9(11)1-4-12-7-8(9)2-5-13-6-3-8/h12H,1-7H2. The molecular formula is C9H15F2NO. The van der Waals surface area contributed by atoms with Crippen molar-refractivity contribution in [2.75, 3.05) is 26.3 Å². The maximum Gasteiger partial charge on any atom is 0.256 e. The number of piperidine rings is 1. The molecule has 2 rings (SSSR count). The van der Waals surface area contributed by atoms with Gasteiger partial charge in [0.15, 0.2) is 0 Å². The molecule has 2 fully saturated rings. The average molecular weight is 191 g/mol. The fraction of sp³-hybridized carbons (Fsp3) is 1.00. The number of hydrogen-bond acceptors (Lipinski definition) is 2. The van der Waals surface area contributed by atoms with Crippen molar-refractivity contribution < 1.29 is 13.5 Å². The molecule has 0 aliphatic carbocycles. The molecular weight excluding hydrogens is 176 g/mol. The summed E-state index contributed by atoms with van der Waals surface area (Å²) in [4.78, 5) is 0. The maximum atomic E-state index is 13.6. The highest BCUT2D eigenvalue weighted by atomic mass is 19.3. The topological polar surface area (TPSA) is 21.3 Å². The number of alkyl halides is 2. The lowest BCUT2D eigenvalue weighted by molar-refractivity contribution is -0.176. The Morgan fingerprint density at radius 2 is 1.77 bits per heavy atom. The zero-order valence-electron chi connectivity index (χ0n) is 7.61. The van der Waals surface area contributed by atoms with Crippen molar-refractivity contribution in [3.63, 3.8) is 0 Å². The smallest absolute Gasteiger partial charge is 0.256 e. The summed E-state index contributed by atoms with van der Waals surface area (Å²) in [7, 11) is 0. The molecule has 0 aromatic carbocycles. The normalized spacial score (nSPS) is 31.8. The van der Waals surface area contributed by atoms with Gasteiger partial charge in [-0.2, -0.15) is 0 Å². The molecule has 0 atom stereocenters. The number of halogens is 2. The molecule has 0 aromatic heterocycles. The quantitative estimate of drug-likeness (QED) is 0.625. The zero-order valence-corrected chi connectivity index (χ0v) is 7.61. The van der Waals surface area contributed by atoms with Crippen molar-refractivity contribution in [1.82, 2.24) is 5.32 Å². The van der Waals surface area contributed by atoms with E-state index in [4.69, 9.17) is 4.74 Å². The molecule has 0 radical (unpaired) electrons. The molecule has 0 aromatic rings. The highest BCUT2D eigenvalue weighted by Crippen LogP contribution is 2.47. The molecule has 4 heteroatoms. The Kier molecular flexibility index (Phi) is 2.28. The van der Waals surface area contributed by atoms with Gasteiger partial charge in [-0.3, -0.25) is 0 Å². The lowest BCUT2D eigenvalue weighted by Crippen LogP contribution is -2.56. The van der Waals surface area contributed by atoms with Crippen molar-refractivity contribution in [3.8, 4) is 0 Å². The Morgan fingerprint density at radius 3 is 2.38 bits per heavy atom. The van der Waals surface area contributed by atoms with Gasteiger partial charge in [-0.15, -0.1) is 0 Å². The largest absolute Gasteiger partial charge is 0.381 e. The van der Waals surface area contributed by atoms with Gasteiger partial charge in [-0.05, 0) is 12.8 Å². The summed E-state index contributed by atoms with van der Waals surface area (Å²) in [6.07, 6.45) is 0.965. The van der Waals surface area contributed by atoms with Gasteiger partial charge in [0, 0.05) is 32.7 Å². The minimum Gasteiger partial charge on any atom is -0.381 e. The second-order valence-electron chi connectivity index (χ2n) is 4.02. The Labute approximate surface area is 76.6 Å². The molecule has 1 spiro atoms. The summed E-state index contributed by atoms with van der Waals surface area (Å²) in [5.74, 6) is -2.50. The van der Waals surface area contributed by atoms with Gasteiger partial charge in [0.1, 0.15) is 0 Å². The Hall–Kier alpha value is -0.220. The van der Waals surface area contributed by atoms with Gasteiger partial charge < -0.3 is 10.1 Å². The maximum absolute atomic E-state index is 13.6. The molecule has 0 bridgehead atoms. The van der Waals surface area contributed by atoms with Crippen LogP contribution in [0.5, 0.6) is 0 Å². The van der Waals surface area contributed by atoms with E-state index in [2.05, 4.69) is 5.32 Å². The number of rotatable bonds is 0. The van der Waals surface area contributed by atoms with Crippen molar-refractivity contribution in [1.29, 1.82) is 0 Å². The third kappa shape index (κ3) is 1.46. The highest BCUT2D eigenvalue weighted by Gasteiger charge is 2.54. The van der Waals surface area contributed by atoms with Crippen LogP contribution in [0.25, 0.3) is 0 Å². The third-order valence-electron chi connectivity index (χ3n) is 3.30. The van der Waals surface area contributed by atoms with Crippen molar-refractivity contribution in [2.24, 2.45) is 5.41 Å². The highest BCUT2D eigenvalue weighted by molar-refractivity contribution is 4.98. The SMILES string of the molecule is FC1(F)CCNCC12CCOCC2.